The van der Waals surface area contributed by atoms with Gasteiger partial charge in [-0.25, -0.2) is 9.78 Å². The van der Waals surface area contributed by atoms with Crippen LogP contribution >= 0.6 is 11.3 Å². The van der Waals surface area contributed by atoms with Crippen LogP contribution < -0.4 is 10.6 Å². The normalized spacial score (nSPS) is 11.2. The third kappa shape index (κ3) is 4.98. The summed E-state index contributed by atoms with van der Waals surface area (Å²) in [6.45, 7) is 1.75. The zero-order chi connectivity index (χ0) is 18.4. The van der Waals surface area contributed by atoms with E-state index in [0.717, 1.165) is 20.7 Å². The molecule has 2 rings (SSSR count). The molecule has 1 aromatic carbocycles. The number of nitrogens with zero attached hydrogens (tertiary/aromatic N) is 3. The maximum Gasteiger partial charge on any atom is 0.330 e. The Bertz CT molecular complexity index is 832. The molecule has 0 unspecified atom stereocenters. The number of imide groups is 1. The van der Waals surface area contributed by atoms with Gasteiger partial charge in [0.15, 0.2) is 5.13 Å². The van der Waals surface area contributed by atoms with Crippen molar-refractivity contribution in [3.63, 3.8) is 0 Å². The quantitative estimate of drug-likeness (QED) is 0.421. The van der Waals surface area contributed by atoms with Gasteiger partial charge in [0.25, 0.3) is 0 Å². The van der Waals surface area contributed by atoms with Gasteiger partial charge in [0.05, 0.1) is 16.6 Å². The lowest BCUT2D eigenvalue weighted by Crippen LogP contribution is -2.45. The summed E-state index contributed by atoms with van der Waals surface area (Å²) in [5, 5.41) is 14.5. The van der Waals surface area contributed by atoms with Gasteiger partial charge >= 0.3 is 12.0 Å². The van der Waals surface area contributed by atoms with Crippen molar-refractivity contribution in [2.75, 3.05) is 18.9 Å². The minimum atomic E-state index is -1.10. The smallest absolute Gasteiger partial charge is 0.330 e. The average molecular weight is 363 g/mol. The molecule has 0 aliphatic heterocycles. The number of aryl methyl sites for hydroxylation is 1. The maximum atomic E-state index is 12.0. The highest BCUT2D eigenvalue weighted by molar-refractivity contribution is 7.22. The molecule has 0 spiro atoms. The number of carboxylic acid groups (broad SMARTS) is 1. The number of carbonyl (C=O) groups excluding carboxylic acids is 2. The van der Waals surface area contributed by atoms with Crippen LogP contribution in [0.1, 0.15) is 12.0 Å². The number of amides is 3. The second kappa shape index (κ2) is 8.20. The molecule has 10 heteroatoms. The lowest BCUT2D eigenvalue weighted by molar-refractivity contribution is -0.137. The van der Waals surface area contributed by atoms with Crippen molar-refractivity contribution in [2.45, 2.75) is 13.3 Å². The highest BCUT2D eigenvalue weighted by atomic mass is 32.1. The molecular formula is C15H17N5O4S. The number of anilines is 1. The van der Waals surface area contributed by atoms with Gasteiger partial charge in [-0.05, 0) is 24.6 Å². The Hall–Kier alpha value is -3.01. The second-order valence-electron chi connectivity index (χ2n) is 5.06. The number of guanidine groups is 1. The zero-order valence-electron chi connectivity index (χ0n) is 13.6. The number of aliphatic imine (C=N–C) groups is 1. The molecule has 3 N–H and O–H groups in total. The van der Waals surface area contributed by atoms with E-state index in [1.165, 1.54) is 18.4 Å². The molecule has 0 atom stereocenters. The molecule has 0 saturated carbocycles. The summed E-state index contributed by atoms with van der Waals surface area (Å²) in [6, 6.07) is 5.07. The highest BCUT2D eigenvalue weighted by Gasteiger charge is 2.16. The summed E-state index contributed by atoms with van der Waals surface area (Å²) >= 11 is 1.40. The summed E-state index contributed by atoms with van der Waals surface area (Å²) in [5.74, 6) is -1.00. The molecule has 0 radical (unpaired) electrons. The fourth-order valence-corrected chi connectivity index (χ4v) is 2.88. The van der Waals surface area contributed by atoms with E-state index in [2.05, 4.69) is 20.6 Å². The lowest BCUT2D eigenvalue weighted by atomic mass is 10.2. The van der Waals surface area contributed by atoms with Gasteiger partial charge in [-0.3, -0.25) is 24.8 Å². The van der Waals surface area contributed by atoms with E-state index in [-0.39, 0.29) is 25.3 Å². The fraction of sp³-hybridized carbons (Fsp3) is 0.267. The van der Waals surface area contributed by atoms with E-state index in [1.807, 2.05) is 25.1 Å². The number of urea groups is 1. The Balaban J connectivity index is 2.04. The summed E-state index contributed by atoms with van der Waals surface area (Å²) in [7, 11) is 1.46. The number of carboxylic acids is 1. The van der Waals surface area contributed by atoms with E-state index in [9.17, 15) is 14.4 Å². The van der Waals surface area contributed by atoms with Crippen LogP contribution in [-0.4, -0.2) is 53.0 Å². The zero-order valence-corrected chi connectivity index (χ0v) is 14.5. The van der Waals surface area contributed by atoms with Crippen molar-refractivity contribution in [2.24, 2.45) is 4.99 Å². The summed E-state index contributed by atoms with van der Waals surface area (Å²) in [5.41, 5.74) is 1.93. The number of benzene rings is 1. The summed E-state index contributed by atoms with van der Waals surface area (Å²) in [4.78, 5) is 42.5. The predicted octanol–water partition coefficient (Wildman–Crippen LogP) is 1.65. The molecule has 1 aromatic heterocycles. The first kappa shape index (κ1) is 18.3. The van der Waals surface area contributed by atoms with E-state index < -0.39 is 12.0 Å². The number of rotatable bonds is 5. The molecule has 0 saturated heterocycles. The van der Waals surface area contributed by atoms with Crippen LogP contribution in [0.4, 0.5) is 9.93 Å². The average Bonchev–Trinajstić information content (AvgIpc) is 2.95. The standard InChI is InChI=1S/C15H17N5O4S/c1-9-3-4-10-11(7-9)25-14(17-10)18-13(16-2)19-15(24)20(8-21)6-5-12(22)23/h3-4,7-8H,5-6H2,1-2H3,(H,22,23)(H2,16,17,18,19,24). The van der Waals surface area contributed by atoms with Gasteiger partial charge in [0, 0.05) is 13.6 Å². The molecule has 1 heterocycles. The molecular weight excluding hydrogens is 346 g/mol. The van der Waals surface area contributed by atoms with Crippen LogP contribution in [0.25, 0.3) is 10.2 Å². The van der Waals surface area contributed by atoms with Gasteiger partial charge < -0.3 is 10.4 Å². The number of hydrogen-bond donors (Lipinski definition) is 3. The van der Waals surface area contributed by atoms with Crippen molar-refractivity contribution in [3.05, 3.63) is 23.8 Å². The molecule has 0 aliphatic carbocycles. The number of hydrogen-bond acceptors (Lipinski definition) is 6. The third-order valence-corrected chi connectivity index (χ3v) is 4.11. The number of carbonyl (C=O) groups is 3. The van der Waals surface area contributed by atoms with E-state index in [4.69, 9.17) is 5.11 Å². The lowest BCUT2D eigenvalue weighted by Gasteiger charge is -2.16. The molecule has 25 heavy (non-hydrogen) atoms. The fourth-order valence-electron chi connectivity index (χ4n) is 1.92. The van der Waals surface area contributed by atoms with Crippen LogP contribution in [0.5, 0.6) is 0 Å². The molecule has 2 aromatic rings. The van der Waals surface area contributed by atoms with Crippen molar-refractivity contribution >= 4 is 51.1 Å². The molecule has 9 nitrogen and oxygen atoms in total. The third-order valence-electron chi connectivity index (χ3n) is 3.17. The Morgan fingerprint density at radius 1 is 1.44 bits per heavy atom. The molecule has 0 aliphatic rings. The van der Waals surface area contributed by atoms with Crippen molar-refractivity contribution in [1.29, 1.82) is 0 Å². The van der Waals surface area contributed by atoms with Crippen LogP contribution in [0, 0.1) is 6.92 Å². The van der Waals surface area contributed by atoms with Crippen molar-refractivity contribution in [3.8, 4) is 0 Å². The number of fused-ring (bicyclic) bond motifs is 1. The monoisotopic (exact) mass is 363 g/mol. The number of aromatic nitrogens is 1. The number of aliphatic carboxylic acids is 1. The Morgan fingerprint density at radius 3 is 2.84 bits per heavy atom. The van der Waals surface area contributed by atoms with Crippen LogP contribution in [0.3, 0.4) is 0 Å². The van der Waals surface area contributed by atoms with Crippen LogP contribution in [0.2, 0.25) is 0 Å². The Morgan fingerprint density at radius 2 is 2.20 bits per heavy atom. The Kier molecular flexibility index (Phi) is 6.01. The highest BCUT2D eigenvalue weighted by Crippen LogP contribution is 2.26. The predicted molar refractivity (Wildman–Crippen MR) is 94.9 cm³/mol. The van der Waals surface area contributed by atoms with Gasteiger partial charge in [-0.2, -0.15) is 0 Å². The van der Waals surface area contributed by atoms with E-state index >= 15 is 0 Å². The van der Waals surface area contributed by atoms with E-state index in [1.54, 1.807) is 0 Å². The first-order valence-electron chi connectivity index (χ1n) is 7.28. The molecule has 0 bridgehead atoms. The number of thiazole rings is 1. The van der Waals surface area contributed by atoms with Gasteiger partial charge in [0.1, 0.15) is 0 Å². The van der Waals surface area contributed by atoms with E-state index in [0.29, 0.717) is 5.13 Å². The topological polar surface area (TPSA) is 124 Å². The minimum Gasteiger partial charge on any atom is -0.481 e. The summed E-state index contributed by atoms with van der Waals surface area (Å²) < 4.78 is 0.986. The first-order chi connectivity index (χ1) is 11.9. The maximum absolute atomic E-state index is 12.0. The van der Waals surface area contributed by atoms with Crippen molar-refractivity contribution < 1.29 is 19.5 Å². The Labute approximate surface area is 147 Å². The van der Waals surface area contributed by atoms with Gasteiger partial charge in [-0.1, -0.05) is 17.4 Å². The van der Waals surface area contributed by atoms with Crippen molar-refractivity contribution in [1.82, 2.24) is 15.2 Å². The van der Waals surface area contributed by atoms with Gasteiger partial charge in [-0.15, -0.1) is 0 Å². The van der Waals surface area contributed by atoms with Crippen LogP contribution in [0.15, 0.2) is 23.2 Å². The van der Waals surface area contributed by atoms with Gasteiger partial charge in [0.2, 0.25) is 12.4 Å². The SMILES string of the molecule is CN=C(NC(=O)N(C=O)CCC(=O)O)Nc1nc2ccc(C)cc2s1. The van der Waals surface area contributed by atoms with Crippen LogP contribution in [-0.2, 0) is 9.59 Å². The molecule has 132 valence electrons. The largest absolute Gasteiger partial charge is 0.481 e. The minimum absolute atomic E-state index is 0.1000. The number of nitrogens with one attached hydrogen (secondary N) is 2. The second-order valence-corrected chi connectivity index (χ2v) is 6.09. The first-order valence-corrected chi connectivity index (χ1v) is 8.10. The molecule has 0 fully saturated rings. The summed E-state index contributed by atoms with van der Waals surface area (Å²) in [6.07, 6.45) is -0.0680. The molecule has 3 amide bonds.